The number of amides is 1. The average Bonchev–Trinajstić information content (AvgIpc) is 3.39. The Morgan fingerprint density at radius 3 is 2.64 bits per heavy atom. The molecule has 0 bridgehead atoms. The maximum absolute atomic E-state index is 13.2. The quantitative estimate of drug-likeness (QED) is 0.399. The highest BCUT2D eigenvalue weighted by Crippen LogP contribution is 2.25. The SMILES string of the molecule is COc1ccc(C(=O)c2cn(CC(=O)Nc3ccc4c(ccn4C)c3)c3cnccc23)cc1. The summed E-state index contributed by atoms with van der Waals surface area (Å²) < 4.78 is 8.97. The number of ether oxygens (including phenoxy) is 1. The summed E-state index contributed by atoms with van der Waals surface area (Å²) in [7, 11) is 3.57. The first kappa shape index (κ1) is 20.5. The number of pyridine rings is 1. The van der Waals surface area contributed by atoms with Gasteiger partial charge in [0.1, 0.15) is 12.3 Å². The molecule has 0 spiro atoms. The Balaban J connectivity index is 1.41. The van der Waals surface area contributed by atoms with E-state index >= 15 is 0 Å². The number of rotatable bonds is 6. The minimum absolute atomic E-state index is 0.0604. The molecule has 33 heavy (non-hydrogen) atoms. The molecule has 5 rings (SSSR count). The van der Waals surface area contributed by atoms with Gasteiger partial charge in [-0.3, -0.25) is 14.6 Å². The number of benzene rings is 2. The van der Waals surface area contributed by atoms with E-state index in [-0.39, 0.29) is 18.2 Å². The van der Waals surface area contributed by atoms with E-state index in [2.05, 4.69) is 10.3 Å². The average molecular weight is 438 g/mol. The van der Waals surface area contributed by atoms with Gasteiger partial charge in [-0.15, -0.1) is 0 Å². The van der Waals surface area contributed by atoms with Crippen LogP contribution in [-0.2, 0) is 18.4 Å². The lowest BCUT2D eigenvalue weighted by atomic mass is 10.0. The number of nitrogens with one attached hydrogen (secondary N) is 1. The Hall–Kier alpha value is -4.39. The van der Waals surface area contributed by atoms with Gasteiger partial charge in [0.25, 0.3) is 0 Å². The third kappa shape index (κ3) is 3.85. The van der Waals surface area contributed by atoms with Crippen LogP contribution in [0.25, 0.3) is 21.8 Å². The summed E-state index contributed by atoms with van der Waals surface area (Å²) in [5, 5.41) is 4.76. The van der Waals surface area contributed by atoms with Crippen LogP contribution in [0.15, 0.2) is 79.4 Å². The monoisotopic (exact) mass is 438 g/mol. The molecule has 0 atom stereocenters. The molecule has 0 aliphatic heterocycles. The molecule has 0 fully saturated rings. The van der Waals surface area contributed by atoms with Crippen LogP contribution in [0.3, 0.4) is 0 Å². The zero-order chi connectivity index (χ0) is 22.9. The van der Waals surface area contributed by atoms with Crippen molar-refractivity contribution in [1.82, 2.24) is 14.1 Å². The Morgan fingerprint density at radius 1 is 1.03 bits per heavy atom. The molecule has 0 unspecified atom stereocenters. The number of nitrogens with zero attached hydrogens (tertiary/aromatic N) is 3. The van der Waals surface area contributed by atoms with Crippen LogP contribution in [0.4, 0.5) is 5.69 Å². The first-order chi connectivity index (χ1) is 16.0. The van der Waals surface area contributed by atoms with Crippen molar-refractivity contribution in [2.75, 3.05) is 12.4 Å². The number of hydrogen-bond acceptors (Lipinski definition) is 4. The highest BCUT2D eigenvalue weighted by molar-refractivity contribution is 6.16. The van der Waals surface area contributed by atoms with Crippen molar-refractivity contribution in [3.63, 3.8) is 0 Å². The number of anilines is 1. The number of methoxy groups -OCH3 is 1. The number of aromatic nitrogens is 3. The predicted octanol–water partition coefficient (Wildman–Crippen LogP) is 4.41. The fraction of sp³-hybridized carbons (Fsp3) is 0.115. The molecule has 7 heteroatoms. The first-order valence-electron chi connectivity index (χ1n) is 10.5. The molecule has 0 saturated carbocycles. The largest absolute Gasteiger partial charge is 0.497 e. The third-order valence-corrected chi connectivity index (χ3v) is 5.76. The van der Waals surface area contributed by atoms with E-state index in [1.807, 2.05) is 42.1 Å². The molecular weight excluding hydrogens is 416 g/mol. The van der Waals surface area contributed by atoms with Gasteiger partial charge < -0.3 is 19.2 Å². The van der Waals surface area contributed by atoms with E-state index < -0.39 is 0 Å². The summed E-state index contributed by atoms with van der Waals surface area (Å²) >= 11 is 0. The maximum Gasteiger partial charge on any atom is 0.244 e. The molecule has 2 aromatic carbocycles. The van der Waals surface area contributed by atoms with Crippen LogP contribution in [-0.4, -0.2) is 32.9 Å². The number of ketones is 1. The normalized spacial score (nSPS) is 11.1. The number of carbonyl (C=O) groups is 2. The molecule has 3 aromatic heterocycles. The summed E-state index contributed by atoms with van der Waals surface area (Å²) in [6, 6.07) is 16.6. The van der Waals surface area contributed by atoms with Crippen LogP contribution in [0.5, 0.6) is 5.75 Å². The first-order valence-corrected chi connectivity index (χ1v) is 10.5. The molecule has 0 radical (unpaired) electrons. The Morgan fingerprint density at radius 2 is 1.85 bits per heavy atom. The number of carbonyl (C=O) groups excluding carboxylic acids is 2. The Kier molecular flexibility index (Phi) is 5.14. The second-order valence-corrected chi connectivity index (χ2v) is 7.87. The van der Waals surface area contributed by atoms with Crippen molar-refractivity contribution >= 4 is 39.2 Å². The second kappa shape index (κ2) is 8.27. The fourth-order valence-electron chi connectivity index (χ4n) is 4.06. The van der Waals surface area contributed by atoms with Crippen LogP contribution < -0.4 is 10.1 Å². The lowest BCUT2D eigenvalue weighted by Crippen LogP contribution is -2.18. The minimum atomic E-state index is -0.186. The molecule has 164 valence electrons. The van der Waals surface area contributed by atoms with Gasteiger partial charge in [0, 0.05) is 58.7 Å². The molecule has 0 saturated heterocycles. The molecule has 7 nitrogen and oxygen atoms in total. The predicted molar refractivity (Wildman–Crippen MR) is 128 cm³/mol. The van der Waals surface area contributed by atoms with Gasteiger partial charge in [-0.1, -0.05) is 0 Å². The van der Waals surface area contributed by atoms with Gasteiger partial charge in [0.2, 0.25) is 5.91 Å². The Bertz CT molecular complexity index is 1500. The van der Waals surface area contributed by atoms with E-state index in [1.165, 1.54) is 0 Å². The number of fused-ring (bicyclic) bond motifs is 2. The van der Waals surface area contributed by atoms with Crippen LogP contribution in [0.1, 0.15) is 15.9 Å². The standard InChI is InChI=1S/C26H22N4O3/c1-29-12-10-18-13-19(5-8-23(18)29)28-25(31)16-30-15-22(21-9-11-27-14-24(21)30)26(32)17-3-6-20(33-2)7-4-17/h3-15H,16H2,1-2H3,(H,28,31). The van der Waals surface area contributed by atoms with Gasteiger partial charge in [-0.2, -0.15) is 0 Å². The van der Waals surface area contributed by atoms with Crippen LogP contribution in [0.2, 0.25) is 0 Å². The highest BCUT2D eigenvalue weighted by atomic mass is 16.5. The van der Waals surface area contributed by atoms with E-state index in [1.54, 1.807) is 60.6 Å². The summed E-state index contributed by atoms with van der Waals surface area (Å²) in [6.45, 7) is 0.0604. The molecule has 1 amide bonds. The van der Waals surface area contributed by atoms with E-state index in [0.29, 0.717) is 16.9 Å². The second-order valence-electron chi connectivity index (χ2n) is 7.87. The van der Waals surface area contributed by atoms with E-state index in [4.69, 9.17) is 4.74 Å². The van der Waals surface area contributed by atoms with Gasteiger partial charge in [-0.25, -0.2) is 0 Å². The van der Waals surface area contributed by atoms with Gasteiger partial charge in [0.05, 0.1) is 18.8 Å². The molecule has 0 aliphatic carbocycles. The number of aryl methyl sites for hydroxylation is 1. The molecular formula is C26H22N4O3. The third-order valence-electron chi connectivity index (χ3n) is 5.76. The number of hydrogen-bond donors (Lipinski definition) is 1. The Labute approximate surface area is 190 Å². The molecule has 1 N–H and O–H groups in total. The van der Waals surface area contributed by atoms with Gasteiger partial charge in [-0.05, 0) is 54.6 Å². The van der Waals surface area contributed by atoms with Gasteiger partial charge in [0.15, 0.2) is 5.78 Å². The smallest absolute Gasteiger partial charge is 0.244 e. The molecule has 0 aliphatic rings. The van der Waals surface area contributed by atoms with Crippen molar-refractivity contribution in [1.29, 1.82) is 0 Å². The van der Waals surface area contributed by atoms with E-state index in [9.17, 15) is 9.59 Å². The summed E-state index contributed by atoms with van der Waals surface area (Å²) in [5.41, 5.74) is 3.62. The molecule has 5 aromatic rings. The topological polar surface area (TPSA) is 78.1 Å². The zero-order valence-corrected chi connectivity index (χ0v) is 18.3. The van der Waals surface area contributed by atoms with E-state index in [0.717, 1.165) is 27.5 Å². The van der Waals surface area contributed by atoms with Crippen molar-refractivity contribution in [2.45, 2.75) is 6.54 Å². The van der Waals surface area contributed by atoms with Gasteiger partial charge >= 0.3 is 0 Å². The zero-order valence-electron chi connectivity index (χ0n) is 18.3. The van der Waals surface area contributed by atoms with Crippen LogP contribution in [0, 0.1) is 0 Å². The molecule has 3 heterocycles. The van der Waals surface area contributed by atoms with Crippen molar-refractivity contribution in [3.05, 3.63) is 90.5 Å². The van der Waals surface area contributed by atoms with Crippen LogP contribution >= 0.6 is 0 Å². The highest BCUT2D eigenvalue weighted by Gasteiger charge is 2.18. The maximum atomic E-state index is 13.2. The minimum Gasteiger partial charge on any atom is -0.497 e. The van der Waals surface area contributed by atoms with Crippen molar-refractivity contribution in [3.8, 4) is 5.75 Å². The lowest BCUT2D eigenvalue weighted by Gasteiger charge is -2.08. The fourth-order valence-corrected chi connectivity index (χ4v) is 4.06. The summed E-state index contributed by atoms with van der Waals surface area (Å²) in [4.78, 5) is 30.2. The summed E-state index contributed by atoms with van der Waals surface area (Å²) in [6.07, 6.45) is 7.02. The van der Waals surface area contributed by atoms with Crippen molar-refractivity contribution in [2.24, 2.45) is 7.05 Å². The summed E-state index contributed by atoms with van der Waals surface area (Å²) in [5.74, 6) is 0.376. The van der Waals surface area contributed by atoms with Crippen molar-refractivity contribution < 1.29 is 14.3 Å². The lowest BCUT2D eigenvalue weighted by molar-refractivity contribution is -0.116.